The number of halogens is 4. The van der Waals surface area contributed by atoms with Crippen molar-refractivity contribution >= 4 is 22.9 Å². The van der Waals surface area contributed by atoms with Gasteiger partial charge in [-0.2, -0.15) is 13.8 Å². The highest BCUT2D eigenvalue weighted by Crippen LogP contribution is 2.29. The van der Waals surface area contributed by atoms with E-state index < -0.39 is 42.6 Å². The van der Waals surface area contributed by atoms with Crippen molar-refractivity contribution in [1.82, 2.24) is 24.5 Å². The highest BCUT2D eigenvalue weighted by molar-refractivity contribution is 5.92. The zero-order valence-electron chi connectivity index (χ0n) is 24.2. The molecule has 1 fully saturated rings. The molecule has 0 aliphatic carbocycles. The monoisotopic (exact) mass is 652 g/mol. The third kappa shape index (κ3) is 6.81. The average molecular weight is 653 g/mol. The van der Waals surface area contributed by atoms with Gasteiger partial charge in [0.1, 0.15) is 29.8 Å². The number of hydrogen-bond donors (Lipinski definition) is 2. The Morgan fingerprint density at radius 3 is 2.55 bits per heavy atom. The minimum Gasteiger partial charge on any atom is -0.478 e. The van der Waals surface area contributed by atoms with E-state index in [4.69, 9.17) is 15.2 Å². The minimum atomic E-state index is -3.24. The summed E-state index contributed by atoms with van der Waals surface area (Å²) in [5.41, 5.74) is 5.74. The van der Waals surface area contributed by atoms with Crippen LogP contribution in [0, 0.1) is 11.6 Å². The summed E-state index contributed by atoms with van der Waals surface area (Å²) >= 11 is 0. The van der Waals surface area contributed by atoms with E-state index in [-0.39, 0.29) is 52.2 Å². The summed E-state index contributed by atoms with van der Waals surface area (Å²) in [4.78, 5) is 39.3. The lowest BCUT2D eigenvalue weighted by Crippen LogP contribution is -2.31. The van der Waals surface area contributed by atoms with Crippen molar-refractivity contribution < 1.29 is 46.5 Å². The molecule has 47 heavy (non-hydrogen) atoms. The minimum absolute atomic E-state index is 0.000196. The fraction of sp³-hybridized carbons (Fsp3) is 0.226. The SMILES string of the molecule is NC(=O)c1ccc(COc2nccc(-c3cc(F)c(Cc4nc5ccc(C(=O)O)cc5n4C[C@@H]4CCO4)cc3F)n2)c(OC(F)F)n1. The van der Waals surface area contributed by atoms with Crippen molar-refractivity contribution in [2.24, 2.45) is 5.73 Å². The lowest BCUT2D eigenvalue weighted by Gasteiger charge is -2.27. The highest BCUT2D eigenvalue weighted by atomic mass is 19.3. The molecule has 1 saturated heterocycles. The van der Waals surface area contributed by atoms with E-state index in [1.807, 2.05) is 0 Å². The van der Waals surface area contributed by atoms with Gasteiger partial charge in [-0.25, -0.2) is 28.5 Å². The number of imidazole rings is 1. The maximum atomic E-state index is 15.5. The number of aromatic carboxylic acids is 1. The van der Waals surface area contributed by atoms with Crippen LogP contribution in [0.15, 0.2) is 54.7 Å². The summed E-state index contributed by atoms with van der Waals surface area (Å²) in [5.74, 6) is -3.80. The number of alkyl halides is 2. The van der Waals surface area contributed by atoms with E-state index in [1.165, 1.54) is 36.5 Å². The number of nitrogens with zero attached hydrogens (tertiary/aromatic N) is 5. The average Bonchev–Trinajstić information content (AvgIpc) is 3.35. The van der Waals surface area contributed by atoms with E-state index in [0.717, 1.165) is 18.6 Å². The van der Waals surface area contributed by atoms with Crippen molar-refractivity contribution in [2.45, 2.75) is 38.7 Å². The zero-order valence-corrected chi connectivity index (χ0v) is 24.2. The number of ether oxygens (including phenoxy) is 3. The number of fused-ring (bicyclic) bond motifs is 1. The number of benzene rings is 2. The number of carboxylic acid groups (broad SMARTS) is 1. The van der Waals surface area contributed by atoms with Crippen LogP contribution in [-0.4, -0.2) is 60.8 Å². The van der Waals surface area contributed by atoms with E-state index in [2.05, 4.69) is 24.7 Å². The molecule has 3 aromatic heterocycles. The normalized spacial score (nSPS) is 14.3. The number of aromatic nitrogens is 5. The molecule has 1 atom stereocenters. The second-order valence-corrected chi connectivity index (χ2v) is 10.4. The van der Waals surface area contributed by atoms with Crippen LogP contribution in [-0.2, 0) is 24.3 Å². The number of carboxylic acids is 1. The van der Waals surface area contributed by atoms with Crippen molar-refractivity contribution in [3.8, 4) is 23.1 Å². The molecule has 16 heteroatoms. The van der Waals surface area contributed by atoms with Crippen LogP contribution in [0.3, 0.4) is 0 Å². The van der Waals surface area contributed by atoms with Gasteiger partial charge in [0.25, 0.3) is 5.91 Å². The molecule has 12 nitrogen and oxygen atoms in total. The number of carbonyl (C=O) groups is 2. The van der Waals surface area contributed by atoms with Gasteiger partial charge in [-0.15, -0.1) is 0 Å². The summed E-state index contributed by atoms with van der Waals surface area (Å²) in [6, 6.07) is 9.96. The largest absolute Gasteiger partial charge is 0.478 e. The Hall–Kier alpha value is -5.64. The molecule has 0 unspecified atom stereocenters. The number of rotatable bonds is 12. The molecule has 1 amide bonds. The van der Waals surface area contributed by atoms with E-state index in [0.29, 0.717) is 30.0 Å². The van der Waals surface area contributed by atoms with Crippen LogP contribution in [0.4, 0.5) is 17.6 Å². The molecule has 242 valence electrons. The molecule has 0 spiro atoms. The molecule has 0 bridgehead atoms. The van der Waals surface area contributed by atoms with Gasteiger partial charge < -0.3 is 29.6 Å². The summed E-state index contributed by atoms with van der Waals surface area (Å²) in [6.07, 6.45) is 1.82. The van der Waals surface area contributed by atoms with Gasteiger partial charge in [0.05, 0.1) is 40.5 Å². The van der Waals surface area contributed by atoms with Crippen LogP contribution in [0.5, 0.6) is 11.9 Å². The fourth-order valence-corrected chi connectivity index (χ4v) is 4.97. The third-order valence-corrected chi connectivity index (χ3v) is 7.40. The second kappa shape index (κ2) is 13.0. The van der Waals surface area contributed by atoms with Crippen molar-refractivity contribution in [2.75, 3.05) is 6.61 Å². The van der Waals surface area contributed by atoms with Crippen molar-refractivity contribution in [1.29, 1.82) is 0 Å². The zero-order chi connectivity index (χ0) is 33.2. The molecule has 6 rings (SSSR count). The smallest absolute Gasteiger partial charge is 0.388 e. The first-order chi connectivity index (χ1) is 22.5. The number of hydrogen-bond acceptors (Lipinski definition) is 9. The number of pyridine rings is 1. The van der Waals surface area contributed by atoms with Gasteiger partial charge in [-0.1, -0.05) is 0 Å². The van der Waals surface area contributed by atoms with Gasteiger partial charge in [-0.3, -0.25) is 4.79 Å². The Morgan fingerprint density at radius 2 is 1.85 bits per heavy atom. The van der Waals surface area contributed by atoms with E-state index in [9.17, 15) is 23.5 Å². The molecule has 4 heterocycles. The number of amides is 1. The van der Waals surface area contributed by atoms with E-state index in [1.54, 1.807) is 10.6 Å². The molecule has 1 aliphatic rings. The Balaban J connectivity index is 1.24. The van der Waals surface area contributed by atoms with Crippen LogP contribution in [0.25, 0.3) is 22.3 Å². The maximum Gasteiger partial charge on any atom is 0.388 e. The number of nitrogens with two attached hydrogens (primary N) is 1. The van der Waals surface area contributed by atoms with Gasteiger partial charge in [0.15, 0.2) is 0 Å². The van der Waals surface area contributed by atoms with Crippen LogP contribution in [0.2, 0.25) is 0 Å². The van der Waals surface area contributed by atoms with Crippen LogP contribution in [0.1, 0.15) is 44.2 Å². The lowest BCUT2D eigenvalue weighted by molar-refractivity contribution is -0.0590. The van der Waals surface area contributed by atoms with Gasteiger partial charge in [0.2, 0.25) is 5.88 Å². The Labute approximate surface area is 262 Å². The number of primary amides is 1. The molecule has 0 saturated carbocycles. The van der Waals surface area contributed by atoms with Crippen LogP contribution >= 0.6 is 0 Å². The Kier molecular flexibility index (Phi) is 8.67. The predicted octanol–water partition coefficient (Wildman–Crippen LogP) is 4.52. The lowest BCUT2D eigenvalue weighted by atomic mass is 10.0. The topological polar surface area (TPSA) is 165 Å². The first-order valence-corrected chi connectivity index (χ1v) is 14.1. The summed E-state index contributed by atoms with van der Waals surface area (Å²) < 4.78 is 74.0. The first kappa shape index (κ1) is 31.3. The third-order valence-electron chi connectivity index (χ3n) is 7.40. The van der Waals surface area contributed by atoms with Gasteiger partial charge >= 0.3 is 18.6 Å². The molecule has 0 radical (unpaired) electrons. The molecule has 2 aromatic carbocycles. The second-order valence-electron chi connectivity index (χ2n) is 10.4. The first-order valence-electron chi connectivity index (χ1n) is 14.1. The molecular formula is C31H24F4N6O6. The highest BCUT2D eigenvalue weighted by Gasteiger charge is 2.24. The summed E-state index contributed by atoms with van der Waals surface area (Å²) in [6.45, 7) is -2.71. The van der Waals surface area contributed by atoms with Gasteiger partial charge in [0, 0.05) is 24.8 Å². The van der Waals surface area contributed by atoms with Crippen molar-refractivity contribution in [3.05, 3.63) is 94.6 Å². The molecule has 5 aromatic rings. The molecule has 3 N–H and O–H groups in total. The predicted molar refractivity (Wildman–Crippen MR) is 155 cm³/mol. The standard InChI is InChI=1S/C31H24F4N6O6/c32-20-12-19(22-5-7-37-31(40-22)46-14-16-2-4-24(27(36)42)39-28(16)47-30(34)35)21(33)9-17(20)11-26-38-23-3-1-15(29(43)44)10-25(23)41(26)13-18-6-8-45-18/h1-5,7,9-10,12,18,30H,6,8,11,13-14H2,(H2,36,42)(H,43,44)/t18-/m0/s1. The summed E-state index contributed by atoms with van der Waals surface area (Å²) in [7, 11) is 0. The maximum absolute atomic E-state index is 15.5. The number of carbonyl (C=O) groups excluding carboxylic acids is 1. The Morgan fingerprint density at radius 1 is 1.04 bits per heavy atom. The van der Waals surface area contributed by atoms with Crippen molar-refractivity contribution in [3.63, 3.8) is 0 Å². The van der Waals surface area contributed by atoms with Crippen LogP contribution < -0.4 is 15.2 Å². The van der Waals surface area contributed by atoms with Gasteiger partial charge in [-0.05, 0) is 60.5 Å². The Bertz CT molecular complexity index is 2000. The summed E-state index contributed by atoms with van der Waals surface area (Å²) in [5, 5.41) is 9.46. The van der Waals surface area contributed by atoms with E-state index >= 15 is 8.78 Å². The quantitative estimate of drug-likeness (QED) is 0.183. The molecular weight excluding hydrogens is 628 g/mol. The molecule has 1 aliphatic heterocycles. The fourth-order valence-electron chi connectivity index (χ4n) is 4.97.